The highest BCUT2D eigenvalue weighted by atomic mass is 16.2. The van der Waals surface area contributed by atoms with E-state index in [2.05, 4.69) is 17.6 Å². The van der Waals surface area contributed by atoms with E-state index in [-0.39, 0.29) is 12.1 Å². The molecule has 0 radical (unpaired) electrons. The maximum atomic E-state index is 12.5. The smallest absolute Gasteiger partial charge is 0.319 e. The maximum absolute atomic E-state index is 12.5. The van der Waals surface area contributed by atoms with E-state index in [9.17, 15) is 4.79 Å². The first-order valence-corrected chi connectivity index (χ1v) is 8.38. The zero-order valence-corrected chi connectivity index (χ0v) is 14.5. The lowest BCUT2D eigenvalue weighted by Crippen LogP contribution is -2.33. The van der Waals surface area contributed by atoms with Crippen molar-refractivity contribution in [3.05, 3.63) is 101 Å². The van der Waals surface area contributed by atoms with Gasteiger partial charge in [0.15, 0.2) is 0 Å². The Morgan fingerprint density at radius 1 is 0.760 bits per heavy atom. The Kier molecular flexibility index (Phi) is 5.14. The number of aryl methyl sites for hydroxylation is 2. The fraction of sp³-hybridized carbons (Fsp3) is 0.136. The number of amides is 2. The predicted octanol–water partition coefficient (Wildman–Crippen LogP) is 5.21. The summed E-state index contributed by atoms with van der Waals surface area (Å²) in [7, 11) is 0. The summed E-state index contributed by atoms with van der Waals surface area (Å²) in [6, 6.07) is 25.4. The summed E-state index contributed by atoms with van der Waals surface area (Å²) in [5.74, 6) is 0. The molecule has 3 nitrogen and oxygen atoms in total. The van der Waals surface area contributed by atoms with E-state index < -0.39 is 0 Å². The molecule has 3 heteroatoms. The van der Waals surface area contributed by atoms with Crippen molar-refractivity contribution in [1.29, 1.82) is 0 Å². The van der Waals surface area contributed by atoms with Crippen LogP contribution in [0.3, 0.4) is 0 Å². The molecule has 3 aromatic rings. The van der Waals surface area contributed by atoms with Crippen LogP contribution in [0.5, 0.6) is 0 Å². The Labute approximate surface area is 148 Å². The molecule has 0 aliphatic rings. The molecule has 2 N–H and O–H groups in total. The molecule has 0 aliphatic carbocycles. The van der Waals surface area contributed by atoms with Crippen molar-refractivity contribution in [1.82, 2.24) is 5.32 Å². The van der Waals surface area contributed by atoms with Gasteiger partial charge >= 0.3 is 6.03 Å². The number of anilines is 1. The number of nitrogens with one attached hydrogen (secondary N) is 2. The highest BCUT2D eigenvalue weighted by Crippen LogP contribution is 2.22. The minimum Gasteiger partial charge on any atom is -0.327 e. The van der Waals surface area contributed by atoms with E-state index in [4.69, 9.17) is 0 Å². The lowest BCUT2D eigenvalue weighted by Gasteiger charge is -2.20. The van der Waals surface area contributed by atoms with Crippen molar-refractivity contribution >= 4 is 11.7 Å². The van der Waals surface area contributed by atoms with Gasteiger partial charge in [0.05, 0.1) is 6.04 Å². The van der Waals surface area contributed by atoms with E-state index in [0.29, 0.717) is 0 Å². The van der Waals surface area contributed by atoms with E-state index in [1.165, 1.54) is 5.56 Å². The van der Waals surface area contributed by atoms with Gasteiger partial charge in [-0.3, -0.25) is 0 Å². The number of rotatable bonds is 4. The van der Waals surface area contributed by atoms with Crippen molar-refractivity contribution in [2.45, 2.75) is 19.9 Å². The van der Waals surface area contributed by atoms with Crippen LogP contribution in [0.25, 0.3) is 0 Å². The molecule has 0 atom stereocenters. The van der Waals surface area contributed by atoms with E-state index >= 15 is 0 Å². The molecule has 126 valence electrons. The normalized spacial score (nSPS) is 10.5. The molecule has 2 amide bonds. The summed E-state index contributed by atoms with van der Waals surface area (Å²) in [6.07, 6.45) is 0. The molecule has 3 aromatic carbocycles. The Morgan fingerprint density at radius 2 is 1.32 bits per heavy atom. The van der Waals surface area contributed by atoms with Gasteiger partial charge in [-0.2, -0.15) is 0 Å². The van der Waals surface area contributed by atoms with Crippen LogP contribution in [-0.4, -0.2) is 6.03 Å². The first-order valence-electron chi connectivity index (χ1n) is 8.38. The van der Waals surface area contributed by atoms with Gasteiger partial charge in [0.25, 0.3) is 0 Å². The number of hydrogen-bond acceptors (Lipinski definition) is 1. The van der Waals surface area contributed by atoms with Gasteiger partial charge in [-0.1, -0.05) is 66.7 Å². The number of urea groups is 1. The van der Waals surface area contributed by atoms with E-state index in [1.807, 2.05) is 85.8 Å². The van der Waals surface area contributed by atoms with Crippen LogP contribution in [0.2, 0.25) is 0 Å². The quantitative estimate of drug-likeness (QED) is 0.677. The van der Waals surface area contributed by atoms with Crippen LogP contribution in [0.1, 0.15) is 28.3 Å². The maximum Gasteiger partial charge on any atom is 0.319 e. The monoisotopic (exact) mass is 330 g/mol. The third-order valence-electron chi connectivity index (χ3n) is 4.31. The van der Waals surface area contributed by atoms with Gasteiger partial charge < -0.3 is 10.6 Å². The third kappa shape index (κ3) is 4.27. The molecule has 3 rings (SSSR count). The van der Waals surface area contributed by atoms with Crippen molar-refractivity contribution in [3.8, 4) is 0 Å². The predicted molar refractivity (Wildman–Crippen MR) is 103 cm³/mol. The van der Waals surface area contributed by atoms with Gasteiger partial charge in [-0.05, 0) is 48.2 Å². The SMILES string of the molecule is Cc1ccc(NC(=O)NC(c2ccccc2)c2ccccc2)cc1C. The first-order chi connectivity index (χ1) is 12.1. The van der Waals surface area contributed by atoms with Crippen molar-refractivity contribution < 1.29 is 4.79 Å². The first kappa shape index (κ1) is 16.8. The van der Waals surface area contributed by atoms with Crippen LogP contribution >= 0.6 is 0 Å². The standard InChI is InChI=1S/C22H22N2O/c1-16-13-14-20(15-17(16)2)23-22(25)24-21(18-9-5-3-6-10-18)19-11-7-4-8-12-19/h3-15,21H,1-2H3,(H2,23,24,25). The molecule has 0 heterocycles. The van der Waals surface area contributed by atoms with Crippen LogP contribution in [0.4, 0.5) is 10.5 Å². The largest absolute Gasteiger partial charge is 0.327 e. The molecule has 0 aromatic heterocycles. The summed E-state index contributed by atoms with van der Waals surface area (Å²) in [4.78, 5) is 12.5. The van der Waals surface area contributed by atoms with Crippen LogP contribution < -0.4 is 10.6 Å². The van der Waals surface area contributed by atoms with Crippen LogP contribution in [-0.2, 0) is 0 Å². The molecule has 0 spiro atoms. The minimum atomic E-state index is -0.221. The number of carbonyl (C=O) groups excluding carboxylic acids is 1. The van der Waals surface area contributed by atoms with Gasteiger partial charge in [-0.15, -0.1) is 0 Å². The molecular weight excluding hydrogens is 308 g/mol. The Morgan fingerprint density at radius 3 is 1.84 bits per heavy atom. The molecule has 0 saturated carbocycles. The van der Waals surface area contributed by atoms with Crippen molar-refractivity contribution in [2.24, 2.45) is 0 Å². The highest BCUT2D eigenvalue weighted by molar-refractivity contribution is 5.90. The number of hydrogen-bond donors (Lipinski definition) is 2. The molecule has 0 unspecified atom stereocenters. The zero-order chi connectivity index (χ0) is 17.6. The fourth-order valence-corrected chi connectivity index (χ4v) is 2.77. The molecule has 0 fully saturated rings. The average Bonchev–Trinajstić information content (AvgIpc) is 2.64. The van der Waals surface area contributed by atoms with Crippen LogP contribution in [0, 0.1) is 13.8 Å². The summed E-state index contributed by atoms with van der Waals surface area (Å²) < 4.78 is 0. The Hall–Kier alpha value is -3.07. The van der Waals surface area contributed by atoms with Gasteiger partial charge in [0.2, 0.25) is 0 Å². The van der Waals surface area contributed by atoms with Gasteiger partial charge in [0, 0.05) is 5.69 Å². The second-order valence-electron chi connectivity index (χ2n) is 6.15. The van der Waals surface area contributed by atoms with Gasteiger partial charge in [0.1, 0.15) is 0 Å². The summed E-state index contributed by atoms with van der Waals surface area (Å²) >= 11 is 0. The second-order valence-corrected chi connectivity index (χ2v) is 6.15. The lowest BCUT2D eigenvalue weighted by atomic mass is 9.99. The Bertz CT molecular complexity index is 805. The topological polar surface area (TPSA) is 41.1 Å². The van der Waals surface area contributed by atoms with Crippen molar-refractivity contribution in [3.63, 3.8) is 0 Å². The lowest BCUT2D eigenvalue weighted by molar-refractivity contribution is 0.250. The average molecular weight is 330 g/mol. The minimum absolute atomic E-state index is 0.200. The number of carbonyl (C=O) groups is 1. The summed E-state index contributed by atoms with van der Waals surface area (Å²) in [6.45, 7) is 4.09. The molecule has 0 aliphatic heterocycles. The molecule has 25 heavy (non-hydrogen) atoms. The molecule has 0 saturated heterocycles. The zero-order valence-electron chi connectivity index (χ0n) is 14.5. The fourth-order valence-electron chi connectivity index (χ4n) is 2.77. The molecular formula is C22H22N2O. The third-order valence-corrected chi connectivity index (χ3v) is 4.31. The number of benzene rings is 3. The van der Waals surface area contributed by atoms with E-state index in [1.54, 1.807) is 0 Å². The molecule has 0 bridgehead atoms. The van der Waals surface area contributed by atoms with E-state index in [0.717, 1.165) is 22.4 Å². The summed E-state index contributed by atoms with van der Waals surface area (Å²) in [5.41, 5.74) is 5.24. The van der Waals surface area contributed by atoms with Crippen LogP contribution in [0.15, 0.2) is 78.9 Å². The van der Waals surface area contributed by atoms with Gasteiger partial charge in [-0.25, -0.2) is 4.79 Å². The van der Waals surface area contributed by atoms with Crippen molar-refractivity contribution in [2.75, 3.05) is 5.32 Å². The summed E-state index contributed by atoms with van der Waals surface area (Å²) in [5, 5.41) is 6.01. The highest BCUT2D eigenvalue weighted by Gasteiger charge is 2.16. The second kappa shape index (κ2) is 7.67. The Balaban J connectivity index is 1.80.